The number of nitrogens with zero attached hydrogens (tertiary/aromatic N) is 1. The van der Waals surface area contributed by atoms with E-state index in [4.69, 9.17) is 0 Å². The number of anilines is 1. The van der Waals surface area contributed by atoms with Gasteiger partial charge < -0.3 is 10.2 Å². The van der Waals surface area contributed by atoms with Crippen LogP contribution in [-0.2, 0) is 4.79 Å². The molecule has 18 heavy (non-hydrogen) atoms. The van der Waals surface area contributed by atoms with Crippen molar-refractivity contribution in [2.24, 2.45) is 0 Å². The third kappa shape index (κ3) is 2.31. The molecular formula is C14H19BrN2O. The molecule has 0 saturated carbocycles. The number of hydrogen-bond acceptors (Lipinski definition) is 2. The zero-order valence-corrected chi connectivity index (χ0v) is 12.8. The molecule has 1 fully saturated rings. The average Bonchev–Trinajstić information content (AvgIpc) is 2.28. The number of aryl methyl sites for hydroxylation is 1. The second kappa shape index (κ2) is 4.67. The first-order valence-electron chi connectivity index (χ1n) is 6.18. The second-order valence-electron chi connectivity index (χ2n) is 5.48. The van der Waals surface area contributed by atoms with E-state index in [2.05, 4.69) is 28.2 Å². The highest BCUT2D eigenvalue weighted by Crippen LogP contribution is 2.32. The number of nitrogens with one attached hydrogen (secondary N) is 1. The Balaban J connectivity index is 2.44. The number of carbonyl (C=O) groups is 1. The van der Waals surface area contributed by atoms with E-state index >= 15 is 0 Å². The molecule has 3 nitrogen and oxygen atoms in total. The van der Waals surface area contributed by atoms with Crippen LogP contribution in [0.25, 0.3) is 0 Å². The van der Waals surface area contributed by atoms with Crippen molar-refractivity contribution in [3.8, 4) is 0 Å². The van der Waals surface area contributed by atoms with Gasteiger partial charge in [-0.15, -0.1) is 0 Å². The normalized spacial score (nSPS) is 23.3. The van der Waals surface area contributed by atoms with Crippen LogP contribution in [0.4, 0.5) is 5.69 Å². The molecule has 4 heteroatoms. The standard InChI is InChI=1S/C14H19BrN2O/c1-9-5-6-12(11(15)7-9)17-10(2)8-16-14(3,4)13(17)18/h5-7,10,16H,8H2,1-4H3. The number of rotatable bonds is 1. The van der Waals surface area contributed by atoms with Gasteiger partial charge in [-0.2, -0.15) is 0 Å². The molecule has 0 aromatic heterocycles. The van der Waals surface area contributed by atoms with E-state index in [0.29, 0.717) is 0 Å². The largest absolute Gasteiger partial charge is 0.306 e. The Bertz CT molecular complexity index is 485. The maximum absolute atomic E-state index is 12.5. The topological polar surface area (TPSA) is 32.3 Å². The number of benzene rings is 1. The third-order valence-corrected chi connectivity index (χ3v) is 4.03. The van der Waals surface area contributed by atoms with Crippen LogP contribution >= 0.6 is 15.9 Å². The van der Waals surface area contributed by atoms with Gasteiger partial charge in [0.2, 0.25) is 5.91 Å². The highest BCUT2D eigenvalue weighted by atomic mass is 79.9. The zero-order valence-electron chi connectivity index (χ0n) is 11.2. The van der Waals surface area contributed by atoms with Crippen LogP contribution < -0.4 is 10.2 Å². The molecule has 1 aliphatic rings. The van der Waals surface area contributed by atoms with Crippen molar-refractivity contribution in [2.45, 2.75) is 39.3 Å². The van der Waals surface area contributed by atoms with Crippen LogP contribution in [0, 0.1) is 6.92 Å². The Morgan fingerprint density at radius 2 is 2.11 bits per heavy atom. The van der Waals surface area contributed by atoms with E-state index in [9.17, 15) is 4.79 Å². The summed E-state index contributed by atoms with van der Waals surface area (Å²) in [4.78, 5) is 14.4. The fraction of sp³-hybridized carbons (Fsp3) is 0.500. The van der Waals surface area contributed by atoms with Gasteiger partial charge in [0.25, 0.3) is 0 Å². The van der Waals surface area contributed by atoms with E-state index in [-0.39, 0.29) is 11.9 Å². The molecule has 1 N–H and O–H groups in total. The lowest BCUT2D eigenvalue weighted by atomic mass is 9.97. The highest BCUT2D eigenvalue weighted by molar-refractivity contribution is 9.10. The van der Waals surface area contributed by atoms with E-state index in [1.54, 1.807) is 0 Å². The fourth-order valence-corrected chi connectivity index (χ4v) is 2.91. The summed E-state index contributed by atoms with van der Waals surface area (Å²) in [6.07, 6.45) is 0. The zero-order chi connectivity index (χ0) is 13.5. The molecule has 1 atom stereocenters. The number of piperazine rings is 1. The Morgan fingerprint density at radius 3 is 2.72 bits per heavy atom. The molecule has 0 radical (unpaired) electrons. The van der Waals surface area contributed by atoms with Crippen molar-refractivity contribution in [1.29, 1.82) is 0 Å². The van der Waals surface area contributed by atoms with Crippen molar-refractivity contribution < 1.29 is 4.79 Å². The lowest BCUT2D eigenvalue weighted by Gasteiger charge is -2.42. The smallest absolute Gasteiger partial charge is 0.247 e. The van der Waals surface area contributed by atoms with Gasteiger partial charge in [-0.05, 0) is 61.3 Å². The summed E-state index contributed by atoms with van der Waals surface area (Å²) >= 11 is 3.56. The molecule has 0 spiro atoms. The first-order chi connectivity index (χ1) is 8.33. The van der Waals surface area contributed by atoms with E-state index in [1.165, 1.54) is 5.56 Å². The van der Waals surface area contributed by atoms with Gasteiger partial charge in [0, 0.05) is 17.1 Å². The molecule has 0 bridgehead atoms. The molecule has 1 aromatic carbocycles. The number of amides is 1. The molecule has 1 saturated heterocycles. The van der Waals surface area contributed by atoms with E-state index < -0.39 is 5.54 Å². The van der Waals surface area contributed by atoms with E-state index in [1.807, 2.05) is 43.9 Å². The van der Waals surface area contributed by atoms with Gasteiger partial charge in [-0.25, -0.2) is 0 Å². The highest BCUT2D eigenvalue weighted by Gasteiger charge is 2.39. The van der Waals surface area contributed by atoms with Crippen molar-refractivity contribution in [3.63, 3.8) is 0 Å². The van der Waals surface area contributed by atoms with Crippen LogP contribution in [-0.4, -0.2) is 24.0 Å². The average molecular weight is 311 g/mol. The second-order valence-corrected chi connectivity index (χ2v) is 6.34. The quantitative estimate of drug-likeness (QED) is 0.865. The third-order valence-electron chi connectivity index (χ3n) is 3.40. The van der Waals surface area contributed by atoms with Crippen LogP contribution in [0.3, 0.4) is 0 Å². The van der Waals surface area contributed by atoms with Gasteiger partial charge in [0.15, 0.2) is 0 Å². The predicted molar refractivity (Wildman–Crippen MR) is 77.9 cm³/mol. The summed E-state index contributed by atoms with van der Waals surface area (Å²) in [5, 5.41) is 3.28. The molecule has 1 unspecified atom stereocenters. The van der Waals surface area contributed by atoms with Crippen LogP contribution in [0.1, 0.15) is 26.3 Å². The first-order valence-corrected chi connectivity index (χ1v) is 6.97. The van der Waals surface area contributed by atoms with Crippen LogP contribution in [0.2, 0.25) is 0 Å². The molecule has 98 valence electrons. The molecule has 1 amide bonds. The minimum absolute atomic E-state index is 0.116. The number of carbonyl (C=O) groups excluding carboxylic acids is 1. The lowest BCUT2D eigenvalue weighted by molar-refractivity contribution is -0.125. The predicted octanol–water partition coefficient (Wildman–Crippen LogP) is 2.86. The van der Waals surface area contributed by atoms with Gasteiger partial charge in [-0.1, -0.05) is 6.07 Å². The minimum Gasteiger partial charge on any atom is -0.306 e. The minimum atomic E-state index is -0.503. The summed E-state index contributed by atoms with van der Waals surface area (Å²) in [5.41, 5.74) is 1.63. The Labute approximate surface area is 117 Å². The SMILES string of the molecule is Cc1ccc(N2C(=O)C(C)(C)NCC2C)c(Br)c1. The first kappa shape index (κ1) is 13.6. The Kier molecular flexibility index (Phi) is 3.52. The van der Waals surface area contributed by atoms with Gasteiger partial charge in [0.1, 0.15) is 0 Å². The lowest BCUT2D eigenvalue weighted by Crippen LogP contribution is -2.65. The van der Waals surface area contributed by atoms with Gasteiger partial charge in [0.05, 0.1) is 11.2 Å². The molecular weight excluding hydrogens is 292 g/mol. The molecule has 0 aliphatic carbocycles. The summed E-state index contributed by atoms with van der Waals surface area (Å²) in [6.45, 7) is 8.76. The summed E-state index contributed by atoms with van der Waals surface area (Å²) in [7, 11) is 0. The van der Waals surface area contributed by atoms with Crippen molar-refractivity contribution in [2.75, 3.05) is 11.4 Å². The van der Waals surface area contributed by atoms with E-state index in [0.717, 1.165) is 16.7 Å². The molecule has 1 aromatic rings. The van der Waals surface area contributed by atoms with Crippen molar-refractivity contribution >= 4 is 27.5 Å². The molecule has 1 aliphatic heterocycles. The maximum Gasteiger partial charge on any atom is 0.247 e. The number of halogens is 1. The number of hydrogen-bond donors (Lipinski definition) is 1. The molecule has 2 rings (SSSR count). The summed E-state index contributed by atoms with van der Waals surface area (Å²) in [6, 6.07) is 6.25. The molecule has 1 heterocycles. The van der Waals surface area contributed by atoms with Gasteiger partial charge in [-0.3, -0.25) is 4.79 Å². The fourth-order valence-electron chi connectivity index (χ4n) is 2.23. The Hall–Kier alpha value is -0.870. The van der Waals surface area contributed by atoms with Crippen molar-refractivity contribution in [1.82, 2.24) is 5.32 Å². The Morgan fingerprint density at radius 1 is 1.44 bits per heavy atom. The maximum atomic E-state index is 12.5. The summed E-state index contributed by atoms with van der Waals surface area (Å²) < 4.78 is 0.973. The van der Waals surface area contributed by atoms with Crippen molar-refractivity contribution in [3.05, 3.63) is 28.2 Å². The van der Waals surface area contributed by atoms with Gasteiger partial charge >= 0.3 is 0 Å². The van der Waals surface area contributed by atoms with Crippen LogP contribution in [0.15, 0.2) is 22.7 Å². The monoisotopic (exact) mass is 310 g/mol. The summed E-state index contributed by atoms with van der Waals surface area (Å²) in [5.74, 6) is 0.116. The van der Waals surface area contributed by atoms with Crippen LogP contribution in [0.5, 0.6) is 0 Å².